The normalized spacial score (nSPS) is 16.3. The van der Waals surface area contributed by atoms with Crippen LogP contribution in [0.1, 0.15) is 20.3 Å². The van der Waals surface area contributed by atoms with E-state index in [4.69, 9.17) is 27.9 Å². The molecule has 15 heavy (non-hydrogen) atoms. The van der Waals surface area contributed by atoms with Crippen LogP contribution < -0.4 is 5.09 Å². The lowest BCUT2D eigenvalue weighted by molar-refractivity contribution is -0.157. The van der Waals surface area contributed by atoms with Crippen molar-refractivity contribution in [3.63, 3.8) is 0 Å². The van der Waals surface area contributed by atoms with Gasteiger partial charge in [-0.1, -0.05) is 6.92 Å². The molecule has 0 aliphatic rings. The Morgan fingerprint density at radius 1 is 1.47 bits per heavy atom. The second-order valence-electron chi connectivity index (χ2n) is 2.69. The van der Waals surface area contributed by atoms with Gasteiger partial charge in [-0.05, 0) is 25.2 Å². The fourth-order valence-electron chi connectivity index (χ4n) is 0.723. The zero-order valence-electron chi connectivity index (χ0n) is 8.63. The maximum atomic E-state index is 12.9. The van der Waals surface area contributed by atoms with Crippen molar-refractivity contribution >= 4 is 30.1 Å². The Kier molecular flexibility index (Phi) is 7.41. The first-order valence-electron chi connectivity index (χ1n) is 4.53. The van der Waals surface area contributed by atoms with Crippen molar-refractivity contribution in [2.45, 2.75) is 26.4 Å². The molecule has 0 radical (unpaired) electrons. The fraction of sp³-hybridized carbons (Fsp3) is 1.00. The van der Waals surface area contributed by atoms with E-state index in [2.05, 4.69) is 9.61 Å². The summed E-state index contributed by atoms with van der Waals surface area (Å²) in [6, 6.07) is 0. The van der Waals surface area contributed by atoms with E-state index in [1.165, 1.54) is 0 Å². The Morgan fingerprint density at radius 3 is 2.47 bits per heavy atom. The first kappa shape index (κ1) is 15.7. The number of hydrogen-bond acceptors (Lipinski definition) is 3. The van der Waals surface area contributed by atoms with E-state index < -0.39 is 18.6 Å². The van der Waals surface area contributed by atoms with Gasteiger partial charge in [-0.3, -0.25) is 4.52 Å². The van der Waals surface area contributed by atoms with Gasteiger partial charge in [0.05, 0.1) is 6.61 Å². The van der Waals surface area contributed by atoms with Crippen molar-refractivity contribution in [1.82, 2.24) is 5.09 Å². The summed E-state index contributed by atoms with van der Waals surface area (Å²) in [4.78, 5) is 0. The summed E-state index contributed by atoms with van der Waals surface area (Å²) in [5, 5.41) is 2.68. The summed E-state index contributed by atoms with van der Waals surface area (Å²) in [5.74, 6) is -0.938. The highest BCUT2D eigenvalue weighted by atomic mass is 35.5. The third kappa shape index (κ3) is 6.76. The summed E-state index contributed by atoms with van der Waals surface area (Å²) in [5.41, 5.74) is 0. The van der Waals surface area contributed by atoms with Gasteiger partial charge in [0.15, 0.2) is 0 Å². The van der Waals surface area contributed by atoms with Crippen LogP contribution in [0.3, 0.4) is 0 Å². The van der Waals surface area contributed by atoms with Crippen molar-refractivity contribution in [3.05, 3.63) is 0 Å². The summed E-state index contributed by atoms with van der Waals surface area (Å²) in [7, 11) is 0. The number of halogens is 3. The van der Waals surface area contributed by atoms with Crippen LogP contribution >= 0.6 is 18.2 Å². The van der Waals surface area contributed by atoms with E-state index in [0.29, 0.717) is 6.54 Å². The number of hydrogen-bond donors (Lipinski definition) is 1. The predicted molar refractivity (Wildman–Crippen MR) is 61.0 cm³/mol. The molecule has 0 saturated carbocycles. The topological polar surface area (TPSA) is 30.5 Å². The second kappa shape index (κ2) is 7.09. The Bertz CT molecular complexity index is 233. The van der Waals surface area contributed by atoms with Crippen molar-refractivity contribution in [2.75, 3.05) is 19.0 Å². The first-order valence-corrected chi connectivity index (χ1v) is 7.70. The predicted octanol–water partition coefficient (Wildman–Crippen LogP) is 3.10. The molecule has 0 heterocycles. The molecule has 3 nitrogen and oxygen atoms in total. The van der Waals surface area contributed by atoms with Gasteiger partial charge in [0.2, 0.25) is 0 Å². The van der Waals surface area contributed by atoms with Crippen LogP contribution in [-0.4, -0.2) is 25.1 Å². The van der Waals surface area contributed by atoms with Gasteiger partial charge < -0.3 is 4.52 Å². The van der Waals surface area contributed by atoms with Gasteiger partial charge in [-0.15, -0.1) is 11.6 Å². The monoisotopic (exact) mass is 281 g/mol. The first-order chi connectivity index (χ1) is 6.89. The van der Waals surface area contributed by atoms with Crippen LogP contribution in [0.2, 0.25) is 0 Å². The summed E-state index contributed by atoms with van der Waals surface area (Å²) >= 11 is 9.94. The zero-order chi connectivity index (χ0) is 11.9. The molecule has 0 rings (SSSR count). The molecule has 8 heteroatoms. The second-order valence-corrected chi connectivity index (χ2v) is 6.15. The minimum absolute atomic E-state index is 0.215. The quantitative estimate of drug-likeness (QED) is 0.547. The molecule has 0 fully saturated rings. The van der Waals surface area contributed by atoms with E-state index in [-0.39, 0.29) is 6.61 Å². The molecule has 0 saturated heterocycles. The van der Waals surface area contributed by atoms with Crippen molar-refractivity contribution in [3.8, 4) is 0 Å². The van der Waals surface area contributed by atoms with E-state index in [9.17, 15) is 8.78 Å². The Labute approximate surface area is 98.7 Å². The smallest absolute Gasteiger partial charge is 0.318 e. The van der Waals surface area contributed by atoms with Gasteiger partial charge in [0, 0.05) is 6.54 Å². The van der Waals surface area contributed by atoms with Crippen LogP contribution in [-0.2, 0) is 20.9 Å². The lowest BCUT2D eigenvalue weighted by atomic mass is 10.5. The Hall–Kier alpha value is 0.680. The largest absolute Gasteiger partial charge is 0.375 e. The SMILES string of the molecule is CCCNP(=S)(OCC)OC(F)(F)CCl. The molecule has 0 amide bonds. The molecule has 0 aromatic carbocycles. The molecule has 0 bridgehead atoms. The number of alkyl halides is 3. The summed E-state index contributed by atoms with van der Waals surface area (Å²) in [6.45, 7) is 1.11. The van der Waals surface area contributed by atoms with E-state index in [1.54, 1.807) is 6.92 Å². The summed E-state index contributed by atoms with van der Waals surface area (Å²) < 4.78 is 35.2. The zero-order valence-corrected chi connectivity index (χ0v) is 11.1. The Balaban J connectivity index is 4.43. The average molecular weight is 282 g/mol. The molecule has 0 aromatic heterocycles. The molecule has 0 spiro atoms. The number of rotatable bonds is 8. The van der Waals surface area contributed by atoms with Crippen LogP contribution in [0.25, 0.3) is 0 Å². The van der Waals surface area contributed by atoms with Crippen LogP contribution in [0.4, 0.5) is 8.78 Å². The maximum Gasteiger partial charge on any atom is 0.375 e. The van der Waals surface area contributed by atoms with E-state index in [0.717, 1.165) is 6.42 Å². The molecule has 1 unspecified atom stereocenters. The Morgan fingerprint density at radius 2 is 2.07 bits per heavy atom. The van der Waals surface area contributed by atoms with Crippen molar-refractivity contribution < 1.29 is 17.8 Å². The van der Waals surface area contributed by atoms with Crippen LogP contribution in [0.15, 0.2) is 0 Å². The lowest BCUT2D eigenvalue weighted by Gasteiger charge is -2.26. The van der Waals surface area contributed by atoms with Gasteiger partial charge in [-0.25, -0.2) is 5.09 Å². The highest BCUT2D eigenvalue weighted by Crippen LogP contribution is 2.49. The van der Waals surface area contributed by atoms with Crippen molar-refractivity contribution in [1.29, 1.82) is 0 Å². The minimum atomic E-state index is -3.45. The standard InChI is InChI=1S/C7H15ClF2NO2PS/c1-3-5-11-14(15,12-4-2)13-7(9,10)6-8/h3-6H2,1-2H3,(H,11,15). The maximum absolute atomic E-state index is 12.9. The molecule has 0 aromatic rings. The number of nitrogens with one attached hydrogen (secondary N) is 1. The molecular formula is C7H15ClF2NO2PS. The fourth-order valence-corrected chi connectivity index (χ4v) is 3.23. The third-order valence-corrected chi connectivity index (χ3v) is 4.22. The highest BCUT2D eigenvalue weighted by Gasteiger charge is 2.36. The summed E-state index contributed by atoms with van der Waals surface area (Å²) in [6.07, 6.45) is -2.70. The molecule has 0 aliphatic carbocycles. The molecule has 1 atom stereocenters. The lowest BCUT2D eigenvalue weighted by Crippen LogP contribution is -2.27. The van der Waals surface area contributed by atoms with Crippen LogP contribution in [0.5, 0.6) is 0 Å². The van der Waals surface area contributed by atoms with Crippen molar-refractivity contribution in [2.24, 2.45) is 0 Å². The molecular weight excluding hydrogens is 267 g/mol. The molecule has 1 N–H and O–H groups in total. The molecule has 92 valence electrons. The van der Waals surface area contributed by atoms with E-state index in [1.807, 2.05) is 6.92 Å². The van der Waals surface area contributed by atoms with Gasteiger partial charge in [-0.2, -0.15) is 8.78 Å². The third-order valence-electron chi connectivity index (χ3n) is 1.26. The highest BCUT2D eigenvalue weighted by molar-refractivity contribution is 8.09. The van der Waals surface area contributed by atoms with E-state index >= 15 is 0 Å². The molecule has 0 aliphatic heterocycles. The van der Waals surface area contributed by atoms with Gasteiger partial charge >= 0.3 is 6.11 Å². The minimum Gasteiger partial charge on any atom is -0.318 e. The van der Waals surface area contributed by atoms with Gasteiger partial charge in [0.1, 0.15) is 5.88 Å². The van der Waals surface area contributed by atoms with Crippen LogP contribution in [0, 0.1) is 0 Å². The average Bonchev–Trinajstić information content (AvgIpc) is 2.14. The van der Waals surface area contributed by atoms with Gasteiger partial charge in [0.25, 0.3) is 6.64 Å².